The number of carbonyl (C=O) groups is 3. The molecule has 0 rings (SSSR count). The molecule has 0 radical (unpaired) electrons. The third kappa shape index (κ3) is 38.1. The Kier molecular flexibility index (Phi) is 37.1. The summed E-state index contributed by atoms with van der Waals surface area (Å²) in [5.41, 5.74) is 5.33. The van der Waals surface area contributed by atoms with Gasteiger partial charge in [-0.15, -0.1) is 0 Å². The number of rotatable bonds is 39. The standard InChI is InChI=1S/C44H76NO10P/c1-3-5-7-9-11-13-15-17-19-20-22-23-25-27-29-31-33-35-42(46)52-37-40(38-53-56(50,51)54-39-41(45)44(48)49)55-43(47)36-34-32-30-28-26-24-21-18-16-14-12-10-8-6-4-2/h11-14,17-19,21-23,40-41H,3-10,15-16,20,24-39,45H2,1-2H3,(H,48,49)(H,50,51). The van der Waals surface area contributed by atoms with Crippen LogP contribution in [0.15, 0.2) is 60.8 Å². The summed E-state index contributed by atoms with van der Waals surface area (Å²) >= 11 is 0. The summed E-state index contributed by atoms with van der Waals surface area (Å²) in [5, 5.41) is 8.88. The maximum absolute atomic E-state index is 12.6. The maximum Gasteiger partial charge on any atom is 0.472 e. The minimum absolute atomic E-state index is 0.137. The molecule has 0 aromatic heterocycles. The highest BCUT2D eigenvalue weighted by atomic mass is 31.2. The van der Waals surface area contributed by atoms with Gasteiger partial charge in [0.1, 0.15) is 12.6 Å². The van der Waals surface area contributed by atoms with E-state index in [0.717, 1.165) is 89.9 Å². The van der Waals surface area contributed by atoms with Gasteiger partial charge in [-0.2, -0.15) is 0 Å². The van der Waals surface area contributed by atoms with Crippen molar-refractivity contribution in [3.05, 3.63) is 60.8 Å². The number of nitrogens with two attached hydrogens (primary N) is 1. The van der Waals surface area contributed by atoms with Gasteiger partial charge in [0.2, 0.25) is 0 Å². The molecule has 0 aliphatic heterocycles. The van der Waals surface area contributed by atoms with Crippen molar-refractivity contribution in [2.24, 2.45) is 5.73 Å². The van der Waals surface area contributed by atoms with E-state index in [-0.39, 0.29) is 19.4 Å². The summed E-state index contributed by atoms with van der Waals surface area (Å²) in [6.45, 7) is 2.70. The van der Waals surface area contributed by atoms with Gasteiger partial charge in [-0.05, 0) is 83.5 Å². The average Bonchev–Trinajstić information content (AvgIpc) is 3.17. The predicted octanol–water partition coefficient (Wildman–Crippen LogP) is 11.2. The summed E-state index contributed by atoms with van der Waals surface area (Å²) in [5.74, 6) is -2.43. The lowest BCUT2D eigenvalue weighted by molar-refractivity contribution is -0.161. The quantitative estimate of drug-likeness (QED) is 0.0233. The molecule has 322 valence electrons. The number of hydrogen-bond acceptors (Lipinski definition) is 9. The molecule has 0 heterocycles. The first-order valence-corrected chi connectivity index (χ1v) is 22.8. The Morgan fingerprint density at radius 1 is 0.554 bits per heavy atom. The van der Waals surface area contributed by atoms with Crippen molar-refractivity contribution in [1.82, 2.24) is 0 Å². The van der Waals surface area contributed by atoms with Gasteiger partial charge in [-0.1, -0.05) is 132 Å². The lowest BCUT2D eigenvalue weighted by Gasteiger charge is -2.20. The summed E-state index contributed by atoms with van der Waals surface area (Å²) in [6, 6.07) is -1.53. The molecular formula is C44H76NO10P. The van der Waals surface area contributed by atoms with E-state index in [2.05, 4.69) is 79.1 Å². The highest BCUT2D eigenvalue weighted by Gasteiger charge is 2.28. The average molecular weight is 810 g/mol. The Balaban J connectivity index is 4.45. The van der Waals surface area contributed by atoms with E-state index < -0.39 is 51.1 Å². The van der Waals surface area contributed by atoms with Crippen molar-refractivity contribution in [3.8, 4) is 0 Å². The maximum atomic E-state index is 12.6. The van der Waals surface area contributed by atoms with Crippen molar-refractivity contribution < 1.29 is 47.5 Å². The molecule has 4 N–H and O–H groups in total. The van der Waals surface area contributed by atoms with Gasteiger partial charge < -0.3 is 25.2 Å². The number of carboxylic acids is 1. The molecule has 12 heteroatoms. The van der Waals surface area contributed by atoms with Crippen LogP contribution in [0, 0.1) is 0 Å². The second kappa shape index (κ2) is 39.0. The van der Waals surface area contributed by atoms with Crippen LogP contribution < -0.4 is 5.73 Å². The smallest absolute Gasteiger partial charge is 0.472 e. The van der Waals surface area contributed by atoms with E-state index in [1.54, 1.807) is 0 Å². The Morgan fingerprint density at radius 2 is 0.946 bits per heavy atom. The van der Waals surface area contributed by atoms with Crippen molar-refractivity contribution in [2.45, 2.75) is 180 Å². The second-order valence-electron chi connectivity index (χ2n) is 14.1. The zero-order valence-electron chi connectivity index (χ0n) is 34.7. The van der Waals surface area contributed by atoms with Gasteiger partial charge in [0, 0.05) is 12.8 Å². The van der Waals surface area contributed by atoms with Crippen molar-refractivity contribution in [2.75, 3.05) is 19.8 Å². The molecule has 0 fully saturated rings. The van der Waals surface area contributed by atoms with E-state index in [1.165, 1.54) is 38.5 Å². The Morgan fingerprint density at radius 3 is 1.41 bits per heavy atom. The molecule has 0 aromatic carbocycles. The molecule has 0 aliphatic carbocycles. The Bertz CT molecular complexity index is 1180. The summed E-state index contributed by atoms with van der Waals surface area (Å²) in [4.78, 5) is 45.9. The third-order valence-corrected chi connectivity index (χ3v) is 9.69. The molecule has 56 heavy (non-hydrogen) atoms. The SMILES string of the molecule is CCCCCC=CCC=CCC=CCCCCCCC(=O)OCC(COP(=O)(O)OCC(N)C(=O)O)OC(=O)CCCCCCCC=CCC=CCCCCC. The van der Waals surface area contributed by atoms with Crippen LogP contribution in [0.3, 0.4) is 0 Å². The normalized spacial score (nSPS) is 14.4. The number of aliphatic carboxylic acids is 1. The van der Waals surface area contributed by atoms with Crippen molar-refractivity contribution >= 4 is 25.7 Å². The number of esters is 2. The number of allylic oxidation sites excluding steroid dienone is 10. The number of phosphoric acid groups is 1. The highest BCUT2D eigenvalue weighted by Crippen LogP contribution is 2.43. The monoisotopic (exact) mass is 810 g/mol. The van der Waals surface area contributed by atoms with E-state index in [9.17, 15) is 23.8 Å². The topological polar surface area (TPSA) is 172 Å². The highest BCUT2D eigenvalue weighted by molar-refractivity contribution is 7.47. The molecule has 0 bridgehead atoms. The van der Waals surface area contributed by atoms with Crippen molar-refractivity contribution in [3.63, 3.8) is 0 Å². The van der Waals surface area contributed by atoms with E-state index in [0.29, 0.717) is 12.8 Å². The molecule has 3 atom stereocenters. The van der Waals surface area contributed by atoms with Gasteiger partial charge in [-0.25, -0.2) is 4.57 Å². The zero-order valence-corrected chi connectivity index (χ0v) is 35.6. The first-order chi connectivity index (χ1) is 27.1. The molecule has 0 saturated heterocycles. The molecular weight excluding hydrogens is 733 g/mol. The molecule has 0 spiro atoms. The first-order valence-electron chi connectivity index (χ1n) is 21.3. The Labute approximate surface area is 338 Å². The van der Waals surface area contributed by atoms with Gasteiger partial charge in [-0.3, -0.25) is 23.4 Å². The molecule has 3 unspecified atom stereocenters. The zero-order chi connectivity index (χ0) is 41.4. The fourth-order valence-corrected chi connectivity index (χ4v) is 6.11. The van der Waals surface area contributed by atoms with Crippen LogP contribution in [0.4, 0.5) is 0 Å². The number of unbranched alkanes of at least 4 members (excludes halogenated alkanes) is 15. The van der Waals surface area contributed by atoms with E-state index in [1.807, 2.05) is 0 Å². The van der Waals surface area contributed by atoms with Crippen LogP contribution in [0.25, 0.3) is 0 Å². The lowest BCUT2D eigenvalue weighted by atomic mass is 10.1. The molecule has 0 aliphatic rings. The van der Waals surface area contributed by atoms with Crippen LogP contribution in [0.1, 0.15) is 168 Å². The first kappa shape index (κ1) is 53.2. The van der Waals surface area contributed by atoms with E-state index >= 15 is 0 Å². The summed E-state index contributed by atoms with van der Waals surface area (Å²) in [7, 11) is -4.73. The van der Waals surface area contributed by atoms with Crippen molar-refractivity contribution in [1.29, 1.82) is 0 Å². The van der Waals surface area contributed by atoms with Crippen LogP contribution in [0.5, 0.6) is 0 Å². The van der Waals surface area contributed by atoms with Crippen LogP contribution in [-0.2, 0) is 37.5 Å². The van der Waals surface area contributed by atoms with Gasteiger partial charge >= 0.3 is 25.7 Å². The Hall–Kier alpha value is -2.82. The molecule has 11 nitrogen and oxygen atoms in total. The third-order valence-electron chi connectivity index (χ3n) is 8.74. The minimum Gasteiger partial charge on any atom is -0.480 e. The lowest BCUT2D eigenvalue weighted by Crippen LogP contribution is -2.34. The fraction of sp³-hybridized carbons (Fsp3) is 0.705. The van der Waals surface area contributed by atoms with Gasteiger partial charge in [0.05, 0.1) is 13.2 Å². The van der Waals surface area contributed by atoms with Gasteiger partial charge in [0.25, 0.3) is 0 Å². The summed E-state index contributed by atoms with van der Waals surface area (Å²) in [6.07, 6.45) is 44.2. The fourth-order valence-electron chi connectivity index (χ4n) is 5.34. The molecule has 0 saturated carbocycles. The minimum atomic E-state index is -4.73. The molecule has 0 amide bonds. The number of phosphoric ester groups is 1. The van der Waals surface area contributed by atoms with Crippen LogP contribution >= 0.6 is 7.82 Å². The number of ether oxygens (including phenoxy) is 2. The number of carbonyl (C=O) groups excluding carboxylic acids is 2. The molecule has 0 aromatic rings. The number of carboxylic acid groups (broad SMARTS) is 1. The van der Waals surface area contributed by atoms with Crippen LogP contribution in [0.2, 0.25) is 0 Å². The van der Waals surface area contributed by atoms with Gasteiger partial charge in [0.15, 0.2) is 6.10 Å². The largest absolute Gasteiger partial charge is 0.480 e. The predicted molar refractivity (Wildman–Crippen MR) is 226 cm³/mol. The van der Waals surface area contributed by atoms with E-state index in [4.69, 9.17) is 24.8 Å². The van der Waals surface area contributed by atoms with Crippen LogP contribution in [-0.4, -0.2) is 59.9 Å². The second-order valence-corrected chi connectivity index (χ2v) is 15.6. The summed E-state index contributed by atoms with van der Waals surface area (Å²) < 4.78 is 32.6. The number of hydrogen-bond donors (Lipinski definition) is 3.